The van der Waals surface area contributed by atoms with E-state index in [9.17, 15) is 9.90 Å². The van der Waals surface area contributed by atoms with Gasteiger partial charge in [-0.15, -0.1) is 0 Å². The maximum atomic E-state index is 10.4. The average molecular weight is 188 g/mol. The van der Waals surface area contributed by atoms with Gasteiger partial charge in [0.2, 0.25) is 0 Å². The Morgan fingerprint density at radius 1 is 1.92 bits per heavy atom. The van der Waals surface area contributed by atoms with Gasteiger partial charge in [-0.25, -0.2) is 0 Å². The van der Waals surface area contributed by atoms with Crippen LogP contribution in [0, 0.1) is 0 Å². The fraction of sp³-hybridized carbons (Fsp3) is 0.714. The van der Waals surface area contributed by atoms with E-state index in [4.69, 9.17) is 15.7 Å². The van der Waals surface area contributed by atoms with Crippen LogP contribution in [0.15, 0.2) is 5.16 Å². The molecule has 4 N–H and O–H groups in total. The quantitative estimate of drug-likeness (QED) is 0.522. The van der Waals surface area contributed by atoms with Gasteiger partial charge in [0.05, 0.1) is 6.21 Å². The molecule has 0 spiro atoms. The van der Waals surface area contributed by atoms with Crippen molar-refractivity contribution < 1.29 is 19.8 Å². The highest BCUT2D eigenvalue weighted by atomic mass is 16.7. The summed E-state index contributed by atoms with van der Waals surface area (Å²) >= 11 is 0. The van der Waals surface area contributed by atoms with Crippen molar-refractivity contribution in [3.8, 4) is 0 Å². The summed E-state index contributed by atoms with van der Waals surface area (Å²) in [5, 5.41) is 21.7. The fourth-order valence-corrected chi connectivity index (χ4v) is 1.07. The van der Waals surface area contributed by atoms with Crippen molar-refractivity contribution in [1.29, 1.82) is 0 Å². The molecule has 0 aromatic heterocycles. The van der Waals surface area contributed by atoms with Gasteiger partial charge in [0.1, 0.15) is 11.6 Å². The molecule has 0 aliphatic carbocycles. The van der Waals surface area contributed by atoms with Crippen LogP contribution in [0.1, 0.15) is 13.3 Å². The lowest BCUT2D eigenvalue weighted by Gasteiger charge is -2.24. The standard InChI is InChI=1S/C7H12N2O4/c1-4-7(12,3-9-13-4)2-5(8)6(10)11/h3-5,12H,2,8H2,1H3,(H,10,11). The summed E-state index contributed by atoms with van der Waals surface area (Å²) < 4.78 is 0. The first-order chi connectivity index (χ1) is 5.96. The van der Waals surface area contributed by atoms with E-state index < -0.39 is 23.7 Å². The zero-order chi connectivity index (χ0) is 10.1. The van der Waals surface area contributed by atoms with Crippen molar-refractivity contribution >= 4 is 12.2 Å². The molecule has 6 nitrogen and oxygen atoms in total. The molecule has 1 aliphatic heterocycles. The maximum Gasteiger partial charge on any atom is 0.320 e. The molecule has 3 unspecified atom stereocenters. The topological polar surface area (TPSA) is 105 Å². The van der Waals surface area contributed by atoms with Crippen molar-refractivity contribution in [2.75, 3.05) is 0 Å². The Balaban J connectivity index is 2.61. The fourth-order valence-electron chi connectivity index (χ4n) is 1.07. The van der Waals surface area contributed by atoms with Crippen LogP contribution >= 0.6 is 0 Å². The minimum Gasteiger partial charge on any atom is -0.480 e. The van der Waals surface area contributed by atoms with E-state index in [-0.39, 0.29) is 6.42 Å². The average Bonchev–Trinajstić information content (AvgIpc) is 2.32. The lowest BCUT2D eigenvalue weighted by Crippen LogP contribution is -2.47. The Bertz CT molecular complexity index is 243. The first-order valence-electron chi connectivity index (χ1n) is 3.87. The van der Waals surface area contributed by atoms with Crippen LogP contribution in [-0.4, -0.2) is 40.1 Å². The lowest BCUT2D eigenvalue weighted by atomic mass is 9.92. The Labute approximate surface area is 75.0 Å². The zero-order valence-electron chi connectivity index (χ0n) is 7.17. The molecule has 0 amide bonds. The summed E-state index contributed by atoms with van der Waals surface area (Å²) in [6.07, 6.45) is 0.519. The highest BCUT2D eigenvalue weighted by Crippen LogP contribution is 2.22. The molecule has 0 saturated carbocycles. The monoisotopic (exact) mass is 188 g/mol. The van der Waals surface area contributed by atoms with E-state index in [1.165, 1.54) is 6.21 Å². The molecule has 74 valence electrons. The minimum atomic E-state index is -1.36. The van der Waals surface area contributed by atoms with E-state index >= 15 is 0 Å². The van der Waals surface area contributed by atoms with Crippen molar-refractivity contribution in [3.05, 3.63) is 0 Å². The molecule has 0 radical (unpaired) electrons. The smallest absolute Gasteiger partial charge is 0.320 e. The molecule has 3 atom stereocenters. The van der Waals surface area contributed by atoms with E-state index in [1.54, 1.807) is 6.92 Å². The van der Waals surface area contributed by atoms with Gasteiger partial charge in [0, 0.05) is 6.42 Å². The number of oxime groups is 1. The van der Waals surface area contributed by atoms with Crippen molar-refractivity contribution in [2.24, 2.45) is 10.9 Å². The molecule has 1 heterocycles. The lowest BCUT2D eigenvalue weighted by molar-refractivity contribution is -0.140. The molecule has 0 bridgehead atoms. The predicted octanol–water partition coefficient (Wildman–Crippen LogP) is -1.08. The largest absolute Gasteiger partial charge is 0.480 e. The first kappa shape index (κ1) is 9.94. The molecule has 1 rings (SSSR count). The van der Waals surface area contributed by atoms with Gasteiger partial charge in [-0.1, -0.05) is 5.16 Å². The Morgan fingerprint density at radius 3 is 2.92 bits per heavy atom. The van der Waals surface area contributed by atoms with Crippen LogP contribution in [0.2, 0.25) is 0 Å². The predicted molar refractivity (Wildman–Crippen MR) is 44.2 cm³/mol. The molecule has 0 fully saturated rings. The number of carboxylic acids is 1. The molecule has 0 saturated heterocycles. The third-order valence-electron chi connectivity index (χ3n) is 2.06. The number of rotatable bonds is 3. The van der Waals surface area contributed by atoms with Crippen molar-refractivity contribution in [2.45, 2.75) is 31.1 Å². The van der Waals surface area contributed by atoms with E-state index in [0.29, 0.717) is 0 Å². The molecule has 13 heavy (non-hydrogen) atoms. The highest BCUT2D eigenvalue weighted by Gasteiger charge is 2.41. The maximum absolute atomic E-state index is 10.4. The second kappa shape index (κ2) is 3.31. The summed E-state index contributed by atoms with van der Waals surface area (Å²) in [6, 6.07) is -1.11. The van der Waals surface area contributed by atoms with Crippen LogP contribution in [0.4, 0.5) is 0 Å². The van der Waals surface area contributed by atoms with Crippen LogP contribution < -0.4 is 5.73 Å². The van der Waals surface area contributed by atoms with E-state index in [2.05, 4.69) is 5.16 Å². The molecule has 0 aromatic carbocycles. The summed E-state index contributed by atoms with van der Waals surface area (Å²) in [6.45, 7) is 1.60. The summed E-state index contributed by atoms with van der Waals surface area (Å²) in [5.74, 6) is -1.15. The number of nitrogens with zero attached hydrogens (tertiary/aromatic N) is 1. The number of carboxylic acid groups (broad SMARTS) is 1. The second-order valence-electron chi connectivity index (χ2n) is 3.12. The van der Waals surface area contributed by atoms with Gasteiger partial charge in [-0.3, -0.25) is 4.79 Å². The zero-order valence-corrected chi connectivity index (χ0v) is 7.17. The van der Waals surface area contributed by atoms with Gasteiger partial charge in [0.25, 0.3) is 0 Å². The van der Waals surface area contributed by atoms with Crippen LogP contribution in [0.3, 0.4) is 0 Å². The van der Waals surface area contributed by atoms with Gasteiger partial charge in [0.15, 0.2) is 6.10 Å². The van der Waals surface area contributed by atoms with Crippen LogP contribution in [-0.2, 0) is 9.63 Å². The number of nitrogens with two attached hydrogens (primary N) is 1. The molecule has 1 aliphatic rings. The van der Waals surface area contributed by atoms with E-state index in [0.717, 1.165) is 0 Å². The number of hydrogen-bond donors (Lipinski definition) is 3. The van der Waals surface area contributed by atoms with Crippen LogP contribution in [0.25, 0.3) is 0 Å². The summed E-state index contributed by atoms with van der Waals surface area (Å²) in [5.41, 5.74) is 3.90. The SMILES string of the molecule is CC1ON=CC1(O)CC(N)C(=O)O. The number of hydrogen-bond acceptors (Lipinski definition) is 5. The Kier molecular flexibility index (Phi) is 2.53. The molecule has 6 heteroatoms. The van der Waals surface area contributed by atoms with Gasteiger partial charge in [-0.2, -0.15) is 0 Å². The van der Waals surface area contributed by atoms with Crippen molar-refractivity contribution in [3.63, 3.8) is 0 Å². The normalized spacial score (nSPS) is 34.2. The van der Waals surface area contributed by atoms with Gasteiger partial charge in [-0.05, 0) is 6.92 Å². The molecular weight excluding hydrogens is 176 g/mol. The number of aliphatic hydroxyl groups is 1. The molecular formula is C7H12N2O4. The Morgan fingerprint density at radius 2 is 2.54 bits per heavy atom. The summed E-state index contributed by atoms with van der Waals surface area (Å²) in [4.78, 5) is 15.1. The van der Waals surface area contributed by atoms with Crippen LogP contribution in [0.5, 0.6) is 0 Å². The second-order valence-corrected chi connectivity index (χ2v) is 3.12. The first-order valence-corrected chi connectivity index (χ1v) is 3.87. The van der Waals surface area contributed by atoms with Gasteiger partial charge < -0.3 is 20.8 Å². The van der Waals surface area contributed by atoms with E-state index in [1.807, 2.05) is 0 Å². The number of aliphatic carboxylic acids is 1. The number of carbonyl (C=O) groups is 1. The highest BCUT2D eigenvalue weighted by molar-refractivity contribution is 5.76. The molecule has 0 aromatic rings. The minimum absolute atomic E-state index is 0.104. The van der Waals surface area contributed by atoms with Crippen molar-refractivity contribution in [1.82, 2.24) is 0 Å². The third-order valence-corrected chi connectivity index (χ3v) is 2.06. The van der Waals surface area contributed by atoms with Gasteiger partial charge >= 0.3 is 5.97 Å². The third kappa shape index (κ3) is 1.96. The summed E-state index contributed by atoms with van der Waals surface area (Å²) in [7, 11) is 0. The Hall–Kier alpha value is -1.14.